The largest absolute Gasteiger partial charge is 0.454 e. The molecule has 1 saturated heterocycles. The van der Waals surface area contributed by atoms with Crippen LogP contribution in [0.2, 0.25) is 0 Å². The molecule has 4 heterocycles. The van der Waals surface area contributed by atoms with E-state index in [0.717, 1.165) is 46.9 Å². The van der Waals surface area contributed by atoms with Gasteiger partial charge in [0.25, 0.3) is 0 Å². The Morgan fingerprint density at radius 1 is 1.27 bits per heavy atom. The Bertz CT molecular complexity index is 1380. The molecular weight excluding hydrogens is 616 g/mol. The zero-order valence-electron chi connectivity index (χ0n) is 22.5. The first kappa shape index (κ1) is 29.4. The van der Waals surface area contributed by atoms with Gasteiger partial charge >= 0.3 is 6.09 Å². The standard InChI is InChI=1S/C26H33BrN8O5S/c27-18-10-19-20(39-15-38-19)11-21(18)41-25-33-22-23(29)31-14-32-24(22)35(25)9-4-16-2-7-34(8-3-16)12-17(13-36)40-26(37)30-6-1-5-28/h10-11,13-14,16-17H,1-9,12,15,28H2,(H,30,37)(H2,29,31,32)/t17-/m0/s1. The number of nitrogens with one attached hydrogen (secondary N) is 1. The van der Waals surface area contributed by atoms with Crippen molar-refractivity contribution in [2.24, 2.45) is 11.7 Å². The summed E-state index contributed by atoms with van der Waals surface area (Å²) in [6, 6.07) is 3.83. The van der Waals surface area contributed by atoms with Gasteiger partial charge in [0.1, 0.15) is 6.33 Å². The highest BCUT2D eigenvalue weighted by molar-refractivity contribution is 9.10. The van der Waals surface area contributed by atoms with Crippen LogP contribution in [0.3, 0.4) is 0 Å². The van der Waals surface area contributed by atoms with Crippen molar-refractivity contribution >= 4 is 57.1 Å². The third-order valence-electron chi connectivity index (χ3n) is 7.12. The zero-order chi connectivity index (χ0) is 28.8. The summed E-state index contributed by atoms with van der Waals surface area (Å²) in [4.78, 5) is 39.9. The molecule has 1 aromatic carbocycles. The highest BCUT2D eigenvalue weighted by atomic mass is 79.9. The topological polar surface area (TPSA) is 173 Å². The minimum Gasteiger partial charge on any atom is -0.454 e. The van der Waals surface area contributed by atoms with Crippen LogP contribution in [0, 0.1) is 5.92 Å². The smallest absolute Gasteiger partial charge is 0.407 e. The lowest BCUT2D eigenvalue weighted by Gasteiger charge is -2.33. The first-order valence-electron chi connectivity index (χ1n) is 13.5. The summed E-state index contributed by atoms with van der Waals surface area (Å²) < 4.78 is 19.3. The number of aromatic nitrogens is 4. The average Bonchev–Trinajstić information content (AvgIpc) is 3.57. The number of anilines is 1. The molecule has 2 aliphatic heterocycles. The fourth-order valence-corrected chi connectivity index (χ4v) is 6.40. The van der Waals surface area contributed by atoms with Crippen LogP contribution in [0.5, 0.6) is 11.5 Å². The highest BCUT2D eigenvalue weighted by Crippen LogP contribution is 2.43. The quantitative estimate of drug-likeness (QED) is 0.194. The molecular formula is C26H33BrN8O5S. The van der Waals surface area contributed by atoms with Crippen molar-refractivity contribution in [3.8, 4) is 11.5 Å². The molecule has 15 heteroatoms. The van der Waals surface area contributed by atoms with E-state index in [4.69, 9.17) is 30.7 Å². The molecule has 1 amide bonds. The molecule has 41 heavy (non-hydrogen) atoms. The van der Waals surface area contributed by atoms with Crippen molar-refractivity contribution in [2.45, 2.75) is 48.4 Å². The Hall–Kier alpha value is -3.14. The minimum atomic E-state index is -0.804. The van der Waals surface area contributed by atoms with Crippen molar-refractivity contribution < 1.29 is 23.8 Å². The van der Waals surface area contributed by atoms with Gasteiger partial charge in [-0.25, -0.2) is 19.7 Å². The van der Waals surface area contributed by atoms with Crippen LogP contribution in [-0.4, -0.2) is 82.4 Å². The van der Waals surface area contributed by atoms with Crippen LogP contribution in [0.15, 0.2) is 33.0 Å². The molecule has 3 aromatic rings. The molecule has 5 N–H and O–H groups in total. The van der Waals surface area contributed by atoms with E-state index in [0.29, 0.717) is 73.3 Å². The van der Waals surface area contributed by atoms with Gasteiger partial charge in [0.2, 0.25) is 6.79 Å². The molecule has 2 aliphatic rings. The lowest BCUT2D eigenvalue weighted by Crippen LogP contribution is -2.42. The first-order chi connectivity index (χ1) is 19.9. The Balaban J connectivity index is 1.20. The summed E-state index contributed by atoms with van der Waals surface area (Å²) in [6.45, 7) is 3.83. The molecule has 1 fully saturated rings. The Kier molecular flexibility index (Phi) is 9.80. The summed E-state index contributed by atoms with van der Waals surface area (Å²) in [5.74, 6) is 2.22. The van der Waals surface area contributed by atoms with E-state index >= 15 is 0 Å². The zero-order valence-corrected chi connectivity index (χ0v) is 24.9. The van der Waals surface area contributed by atoms with Crippen LogP contribution in [0.25, 0.3) is 11.2 Å². The number of nitrogens with zero attached hydrogens (tertiary/aromatic N) is 5. The van der Waals surface area contributed by atoms with Gasteiger partial charge in [-0.05, 0) is 79.3 Å². The maximum absolute atomic E-state index is 11.9. The van der Waals surface area contributed by atoms with Crippen LogP contribution < -0.4 is 26.3 Å². The fraction of sp³-hybridized carbons (Fsp3) is 0.500. The van der Waals surface area contributed by atoms with Crippen LogP contribution in [0.4, 0.5) is 10.6 Å². The Morgan fingerprint density at radius 2 is 2.05 bits per heavy atom. The number of carbonyl (C=O) groups is 2. The predicted molar refractivity (Wildman–Crippen MR) is 156 cm³/mol. The van der Waals surface area contributed by atoms with E-state index in [1.54, 1.807) is 0 Å². The van der Waals surface area contributed by atoms with E-state index in [-0.39, 0.29) is 6.79 Å². The number of alkyl carbamates (subject to hydrolysis) is 1. The Morgan fingerprint density at radius 3 is 2.80 bits per heavy atom. The number of rotatable bonds is 12. The summed E-state index contributed by atoms with van der Waals surface area (Å²) in [6.07, 6.45) is 4.26. The number of aryl methyl sites for hydroxylation is 1. The van der Waals surface area contributed by atoms with E-state index < -0.39 is 12.2 Å². The van der Waals surface area contributed by atoms with Crippen molar-refractivity contribution in [1.29, 1.82) is 0 Å². The average molecular weight is 650 g/mol. The van der Waals surface area contributed by atoms with E-state index in [1.807, 2.05) is 12.1 Å². The van der Waals surface area contributed by atoms with Gasteiger partial charge in [-0.2, -0.15) is 0 Å². The van der Waals surface area contributed by atoms with Crippen LogP contribution in [0.1, 0.15) is 25.7 Å². The second-order valence-electron chi connectivity index (χ2n) is 9.90. The van der Waals surface area contributed by atoms with E-state index in [1.165, 1.54) is 18.1 Å². The summed E-state index contributed by atoms with van der Waals surface area (Å²) >= 11 is 5.14. The van der Waals surface area contributed by atoms with Gasteiger partial charge in [-0.15, -0.1) is 0 Å². The lowest BCUT2D eigenvalue weighted by atomic mass is 9.93. The number of piperidine rings is 1. The van der Waals surface area contributed by atoms with E-state index in [9.17, 15) is 9.59 Å². The second-order valence-corrected chi connectivity index (χ2v) is 11.8. The summed E-state index contributed by atoms with van der Waals surface area (Å²) in [5.41, 5.74) is 12.9. The highest BCUT2D eigenvalue weighted by Gasteiger charge is 2.25. The van der Waals surface area contributed by atoms with Gasteiger partial charge < -0.3 is 35.6 Å². The second kappa shape index (κ2) is 13.7. The number of likely N-dealkylation sites (tertiary alicyclic amines) is 1. The third-order valence-corrected chi connectivity index (χ3v) is 9.09. The molecule has 0 aliphatic carbocycles. The molecule has 0 spiro atoms. The molecule has 0 radical (unpaired) electrons. The van der Waals surface area contributed by atoms with Crippen molar-refractivity contribution in [3.05, 3.63) is 22.9 Å². The monoisotopic (exact) mass is 648 g/mol. The molecule has 5 rings (SSSR count). The van der Waals surface area contributed by atoms with Gasteiger partial charge in [0, 0.05) is 29.0 Å². The maximum Gasteiger partial charge on any atom is 0.407 e. The van der Waals surface area contributed by atoms with Gasteiger partial charge in [-0.1, -0.05) is 11.8 Å². The number of imidazole rings is 1. The number of benzene rings is 1. The number of nitrogens with two attached hydrogens (primary N) is 2. The summed E-state index contributed by atoms with van der Waals surface area (Å²) in [5, 5.41) is 3.38. The summed E-state index contributed by atoms with van der Waals surface area (Å²) in [7, 11) is 0. The number of fused-ring (bicyclic) bond motifs is 2. The number of amides is 1. The van der Waals surface area contributed by atoms with Crippen molar-refractivity contribution in [1.82, 2.24) is 29.7 Å². The molecule has 2 aromatic heterocycles. The van der Waals surface area contributed by atoms with Gasteiger partial charge in [0.05, 0.1) is 0 Å². The number of halogens is 1. The number of carbonyl (C=O) groups excluding carboxylic acids is 2. The van der Waals surface area contributed by atoms with E-state index in [2.05, 4.69) is 40.7 Å². The molecule has 13 nitrogen and oxygen atoms in total. The van der Waals surface area contributed by atoms with Gasteiger partial charge in [0.15, 0.2) is 46.0 Å². The molecule has 1 atom stereocenters. The number of ether oxygens (including phenoxy) is 3. The number of hydrogen-bond acceptors (Lipinski definition) is 12. The number of nitrogen functional groups attached to an aromatic ring is 1. The van der Waals surface area contributed by atoms with Gasteiger partial charge in [-0.3, -0.25) is 9.69 Å². The first-order valence-corrected chi connectivity index (χ1v) is 15.1. The maximum atomic E-state index is 11.9. The molecule has 0 unspecified atom stereocenters. The number of aldehydes is 1. The van der Waals surface area contributed by atoms with Crippen LogP contribution in [-0.2, 0) is 16.1 Å². The van der Waals surface area contributed by atoms with Crippen molar-refractivity contribution in [2.75, 3.05) is 45.3 Å². The number of hydrogen-bond donors (Lipinski definition) is 3. The normalized spacial score (nSPS) is 16.1. The predicted octanol–water partition coefficient (Wildman–Crippen LogP) is 2.80. The lowest BCUT2D eigenvalue weighted by molar-refractivity contribution is -0.116. The fourth-order valence-electron chi connectivity index (χ4n) is 4.89. The third kappa shape index (κ3) is 7.20. The molecule has 220 valence electrons. The van der Waals surface area contributed by atoms with Crippen molar-refractivity contribution in [3.63, 3.8) is 0 Å². The minimum absolute atomic E-state index is 0.201. The molecule has 0 saturated carbocycles. The molecule has 0 bridgehead atoms. The van der Waals surface area contributed by atoms with Crippen LogP contribution >= 0.6 is 27.7 Å². The Labute approximate surface area is 249 Å². The SMILES string of the molecule is NCCCNC(=O)O[C@H](C=O)CN1CCC(CCn2c(Sc3cc4c(cc3Br)OCO4)nc3c(N)ncnc32)CC1.